The fourth-order valence-electron chi connectivity index (χ4n) is 3.01. The van der Waals surface area contributed by atoms with Gasteiger partial charge < -0.3 is 15.5 Å². The molecule has 0 spiro atoms. The summed E-state index contributed by atoms with van der Waals surface area (Å²) in [6.07, 6.45) is 1.03. The number of aromatic nitrogens is 1. The first kappa shape index (κ1) is 24.5. The molecule has 2 N–H and O–H groups in total. The third-order valence-corrected chi connectivity index (χ3v) is 5.55. The highest BCUT2D eigenvalue weighted by Gasteiger charge is 2.21. The molecule has 1 atom stereocenters. The number of hydrogen-bond donors (Lipinski definition) is 2. The first-order valence-electron chi connectivity index (χ1n) is 10.6. The second kappa shape index (κ2) is 11.6. The average molecular weight is 445 g/mol. The zero-order valence-corrected chi connectivity index (χ0v) is 19.7. The summed E-state index contributed by atoms with van der Waals surface area (Å²) in [7, 11) is 0. The van der Waals surface area contributed by atoms with Gasteiger partial charge in [0.15, 0.2) is 5.13 Å². The van der Waals surface area contributed by atoms with Crippen LogP contribution >= 0.6 is 11.3 Å². The number of anilines is 1. The number of carbonyl (C=O) groups excluding carboxylic acids is 3. The van der Waals surface area contributed by atoms with Gasteiger partial charge in [0.05, 0.1) is 12.1 Å². The molecule has 0 aliphatic heterocycles. The molecule has 8 heteroatoms. The molecule has 1 heterocycles. The molecule has 2 rings (SSSR count). The summed E-state index contributed by atoms with van der Waals surface area (Å²) >= 11 is 1.27. The van der Waals surface area contributed by atoms with E-state index in [9.17, 15) is 14.4 Å². The Morgan fingerprint density at radius 3 is 2.48 bits per heavy atom. The Balaban J connectivity index is 2.00. The van der Waals surface area contributed by atoms with Crippen molar-refractivity contribution in [1.29, 1.82) is 0 Å². The SMILES string of the molecule is CCC(C)NC(=O)Cc1csc(NC(=O)CN(CC(C)C)C(=O)c2ccccc2C)n1. The molecule has 0 aliphatic rings. The van der Waals surface area contributed by atoms with Crippen molar-refractivity contribution < 1.29 is 14.4 Å². The summed E-state index contributed by atoms with van der Waals surface area (Å²) in [5.41, 5.74) is 2.08. The van der Waals surface area contributed by atoms with Crippen LogP contribution in [0.3, 0.4) is 0 Å². The van der Waals surface area contributed by atoms with Crippen molar-refractivity contribution in [2.45, 2.75) is 53.5 Å². The Morgan fingerprint density at radius 1 is 1.13 bits per heavy atom. The van der Waals surface area contributed by atoms with Crippen LogP contribution in [0.2, 0.25) is 0 Å². The Labute approximate surface area is 188 Å². The Hall–Kier alpha value is -2.74. The number of aryl methyl sites for hydroxylation is 1. The Morgan fingerprint density at radius 2 is 1.84 bits per heavy atom. The molecule has 0 radical (unpaired) electrons. The van der Waals surface area contributed by atoms with E-state index in [0.29, 0.717) is 22.9 Å². The molecular formula is C23H32N4O3S. The van der Waals surface area contributed by atoms with Crippen LogP contribution in [-0.4, -0.2) is 46.7 Å². The van der Waals surface area contributed by atoms with Crippen molar-refractivity contribution in [2.24, 2.45) is 5.92 Å². The molecule has 0 aliphatic carbocycles. The standard InChI is InChI=1S/C23H32N4O3S/c1-6-17(5)24-20(28)11-18-14-31-23(25-18)26-21(29)13-27(12-15(2)3)22(30)19-10-8-7-9-16(19)4/h7-10,14-15,17H,6,11-13H2,1-5H3,(H,24,28)(H,25,26,29). The molecule has 1 unspecified atom stereocenters. The van der Waals surface area contributed by atoms with Crippen LogP contribution in [0.4, 0.5) is 5.13 Å². The minimum atomic E-state index is -0.312. The third-order valence-electron chi connectivity index (χ3n) is 4.74. The van der Waals surface area contributed by atoms with Crippen molar-refractivity contribution in [3.05, 3.63) is 46.5 Å². The molecule has 0 fully saturated rings. The van der Waals surface area contributed by atoms with Crippen molar-refractivity contribution in [2.75, 3.05) is 18.4 Å². The third kappa shape index (κ3) is 7.79. The lowest BCUT2D eigenvalue weighted by molar-refractivity contribution is -0.121. The molecular weight excluding hydrogens is 412 g/mol. The normalized spacial score (nSPS) is 11.8. The number of nitrogens with zero attached hydrogens (tertiary/aromatic N) is 2. The zero-order chi connectivity index (χ0) is 23.0. The van der Waals surface area contributed by atoms with Gasteiger partial charge in [-0.1, -0.05) is 39.0 Å². The fourth-order valence-corrected chi connectivity index (χ4v) is 3.74. The van der Waals surface area contributed by atoms with E-state index < -0.39 is 0 Å². The lowest BCUT2D eigenvalue weighted by atomic mass is 10.1. The number of amides is 3. The van der Waals surface area contributed by atoms with E-state index in [4.69, 9.17) is 0 Å². The molecule has 2 aromatic rings. The van der Waals surface area contributed by atoms with E-state index in [1.165, 1.54) is 11.3 Å². The van der Waals surface area contributed by atoms with Crippen molar-refractivity contribution in [3.8, 4) is 0 Å². The van der Waals surface area contributed by atoms with Gasteiger partial charge >= 0.3 is 0 Å². The van der Waals surface area contributed by atoms with Crippen LogP contribution in [0.25, 0.3) is 0 Å². The van der Waals surface area contributed by atoms with Gasteiger partial charge in [0.1, 0.15) is 6.54 Å². The molecule has 168 valence electrons. The van der Waals surface area contributed by atoms with Crippen molar-refractivity contribution in [3.63, 3.8) is 0 Å². The van der Waals surface area contributed by atoms with Gasteiger partial charge in [0.25, 0.3) is 5.91 Å². The summed E-state index contributed by atoms with van der Waals surface area (Å²) in [6.45, 7) is 10.3. The van der Waals surface area contributed by atoms with E-state index in [0.717, 1.165) is 12.0 Å². The highest BCUT2D eigenvalue weighted by atomic mass is 32.1. The fraction of sp³-hybridized carbons (Fsp3) is 0.478. The zero-order valence-electron chi connectivity index (χ0n) is 18.9. The maximum atomic E-state index is 13.0. The molecule has 1 aromatic carbocycles. The van der Waals surface area contributed by atoms with E-state index in [-0.39, 0.29) is 42.6 Å². The molecule has 3 amide bonds. The second-order valence-corrected chi connectivity index (χ2v) is 9.00. The van der Waals surface area contributed by atoms with Crippen molar-refractivity contribution >= 4 is 34.2 Å². The lowest BCUT2D eigenvalue weighted by Crippen LogP contribution is -2.40. The maximum absolute atomic E-state index is 13.0. The number of thiazole rings is 1. The highest BCUT2D eigenvalue weighted by Crippen LogP contribution is 2.17. The maximum Gasteiger partial charge on any atom is 0.254 e. The number of nitrogens with one attached hydrogen (secondary N) is 2. The summed E-state index contributed by atoms with van der Waals surface area (Å²) in [5, 5.41) is 7.83. The number of hydrogen-bond acceptors (Lipinski definition) is 5. The first-order chi connectivity index (χ1) is 14.7. The van der Waals surface area contributed by atoms with Crippen LogP contribution in [0.5, 0.6) is 0 Å². The molecule has 0 saturated heterocycles. The van der Waals surface area contributed by atoms with E-state index >= 15 is 0 Å². The quantitative estimate of drug-likeness (QED) is 0.585. The van der Waals surface area contributed by atoms with Gasteiger partial charge in [0, 0.05) is 23.5 Å². The molecule has 7 nitrogen and oxygen atoms in total. The summed E-state index contributed by atoms with van der Waals surface area (Å²) in [5.74, 6) is -0.350. The van der Waals surface area contributed by atoms with Gasteiger partial charge in [0.2, 0.25) is 11.8 Å². The predicted molar refractivity (Wildman–Crippen MR) is 124 cm³/mol. The first-order valence-corrected chi connectivity index (χ1v) is 11.5. The predicted octanol–water partition coefficient (Wildman–Crippen LogP) is 3.65. The van der Waals surface area contributed by atoms with E-state index in [1.807, 2.05) is 52.8 Å². The average Bonchev–Trinajstić information content (AvgIpc) is 3.13. The monoisotopic (exact) mass is 444 g/mol. The number of benzene rings is 1. The van der Waals surface area contributed by atoms with Crippen LogP contribution in [-0.2, 0) is 16.0 Å². The van der Waals surface area contributed by atoms with Crippen LogP contribution in [0.15, 0.2) is 29.6 Å². The Bertz CT molecular complexity index is 910. The highest BCUT2D eigenvalue weighted by molar-refractivity contribution is 7.13. The largest absolute Gasteiger partial charge is 0.353 e. The van der Waals surface area contributed by atoms with Crippen LogP contribution in [0.1, 0.15) is 55.7 Å². The number of carbonyl (C=O) groups is 3. The van der Waals surface area contributed by atoms with Crippen LogP contribution in [0, 0.1) is 12.8 Å². The molecule has 0 bridgehead atoms. The van der Waals surface area contributed by atoms with E-state index in [2.05, 4.69) is 15.6 Å². The van der Waals surface area contributed by atoms with E-state index in [1.54, 1.807) is 16.3 Å². The summed E-state index contributed by atoms with van der Waals surface area (Å²) < 4.78 is 0. The molecule has 31 heavy (non-hydrogen) atoms. The summed E-state index contributed by atoms with van der Waals surface area (Å²) in [6, 6.07) is 7.48. The van der Waals surface area contributed by atoms with Gasteiger partial charge in [-0.3, -0.25) is 14.4 Å². The smallest absolute Gasteiger partial charge is 0.254 e. The number of rotatable bonds is 10. The van der Waals surface area contributed by atoms with Gasteiger partial charge in [-0.05, 0) is 37.8 Å². The summed E-state index contributed by atoms with van der Waals surface area (Å²) in [4.78, 5) is 43.6. The minimum Gasteiger partial charge on any atom is -0.353 e. The van der Waals surface area contributed by atoms with Gasteiger partial charge in [-0.2, -0.15) is 0 Å². The topological polar surface area (TPSA) is 91.4 Å². The lowest BCUT2D eigenvalue weighted by Gasteiger charge is -2.24. The minimum absolute atomic E-state index is 0.0608. The van der Waals surface area contributed by atoms with Crippen LogP contribution < -0.4 is 10.6 Å². The van der Waals surface area contributed by atoms with Gasteiger partial charge in [-0.25, -0.2) is 4.98 Å². The Kier molecular flexibility index (Phi) is 9.18. The second-order valence-electron chi connectivity index (χ2n) is 8.14. The van der Waals surface area contributed by atoms with Crippen molar-refractivity contribution in [1.82, 2.24) is 15.2 Å². The molecule has 0 saturated carbocycles. The molecule has 1 aromatic heterocycles. The van der Waals surface area contributed by atoms with Gasteiger partial charge in [-0.15, -0.1) is 11.3 Å².